The van der Waals surface area contributed by atoms with Crippen LogP contribution in [0.25, 0.3) is 32.8 Å². The molecule has 0 amide bonds. The lowest BCUT2D eigenvalue weighted by atomic mass is 10.0. The van der Waals surface area contributed by atoms with Gasteiger partial charge in [-0.05, 0) is 23.6 Å². The zero-order valence-corrected chi connectivity index (χ0v) is 10.0. The van der Waals surface area contributed by atoms with Gasteiger partial charge >= 0.3 is 0 Å². The number of rotatable bonds is 1. The molecule has 4 rings (SSSR count). The Balaban J connectivity index is 2.05. The van der Waals surface area contributed by atoms with E-state index in [4.69, 9.17) is 0 Å². The molecule has 0 aliphatic rings. The largest absolute Gasteiger partial charge is 0.361 e. The van der Waals surface area contributed by atoms with Gasteiger partial charge in [0, 0.05) is 58.4 Å². The number of fused-ring (bicyclic) bond motifs is 2. The lowest BCUT2D eigenvalue weighted by Crippen LogP contribution is -1.81. The van der Waals surface area contributed by atoms with Crippen LogP contribution >= 0.6 is 0 Å². The van der Waals surface area contributed by atoms with Crippen molar-refractivity contribution in [1.82, 2.24) is 19.9 Å². The molecule has 3 heterocycles. The summed E-state index contributed by atoms with van der Waals surface area (Å²) in [4.78, 5) is 15.6. The highest BCUT2D eigenvalue weighted by atomic mass is 14.8. The van der Waals surface area contributed by atoms with E-state index in [2.05, 4.69) is 32.1 Å². The van der Waals surface area contributed by atoms with E-state index in [9.17, 15) is 0 Å². The van der Waals surface area contributed by atoms with Crippen LogP contribution in [0.5, 0.6) is 0 Å². The number of hydrogen-bond acceptors (Lipinski definition) is 3. The van der Waals surface area contributed by atoms with Gasteiger partial charge in [0.25, 0.3) is 0 Å². The lowest BCUT2D eigenvalue weighted by Gasteiger charge is -2.00. The van der Waals surface area contributed by atoms with Crippen molar-refractivity contribution in [3.63, 3.8) is 0 Å². The molecule has 0 atom stereocenters. The topological polar surface area (TPSA) is 54.5 Å². The summed E-state index contributed by atoms with van der Waals surface area (Å²) in [5.74, 6) is 0. The fraction of sp³-hybridized carbons (Fsp3) is 0. The predicted molar refractivity (Wildman–Crippen MR) is 74.6 cm³/mol. The second-order valence-corrected chi connectivity index (χ2v) is 4.45. The maximum Gasteiger partial charge on any atom is 0.115 e. The fourth-order valence-corrected chi connectivity index (χ4v) is 2.38. The first-order valence-electron chi connectivity index (χ1n) is 6.02. The van der Waals surface area contributed by atoms with Gasteiger partial charge in [-0.15, -0.1) is 0 Å². The number of H-pyrrole nitrogens is 1. The number of aromatic nitrogens is 4. The Labute approximate surface area is 109 Å². The van der Waals surface area contributed by atoms with E-state index in [1.807, 2.05) is 37.1 Å². The molecule has 4 heteroatoms. The Kier molecular flexibility index (Phi) is 2.08. The minimum absolute atomic E-state index is 1.02. The second kappa shape index (κ2) is 3.88. The van der Waals surface area contributed by atoms with E-state index in [1.165, 1.54) is 10.8 Å². The molecule has 19 heavy (non-hydrogen) atoms. The van der Waals surface area contributed by atoms with Crippen LogP contribution in [0.1, 0.15) is 0 Å². The van der Waals surface area contributed by atoms with Crippen LogP contribution in [-0.2, 0) is 0 Å². The molecule has 3 aromatic heterocycles. The van der Waals surface area contributed by atoms with Gasteiger partial charge in [-0.1, -0.05) is 0 Å². The maximum atomic E-state index is 4.15. The van der Waals surface area contributed by atoms with Gasteiger partial charge in [0.2, 0.25) is 0 Å². The summed E-state index contributed by atoms with van der Waals surface area (Å²) < 4.78 is 0. The summed E-state index contributed by atoms with van der Waals surface area (Å²) >= 11 is 0. The first-order valence-corrected chi connectivity index (χ1v) is 6.02. The van der Waals surface area contributed by atoms with Crippen LogP contribution in [-0.4, -0.2) is 19.9 Å². The quantitative estimate of drug-likeness (QED) is 0.561. The summed E-state index contributed by atoms with van der Waals surface area (Å²) in [5.41, 5.74) is 3.23. The predicted octanol–water partition coefficient (Wildman–Crippen LogP) is 3.17. The summed E-state index contributed by atoms with van der Waals surface area (Å²) in [6.07, 6.45) is 10.9. The molecular formula is C15H10N4. The second-order valence-electron chi connectivity index (χ2n) is 4.45. The fourth-order valence-electron chi connectivity index (χ4n) is 2.38. The van der Waals surface area contributed by atoms with Crippen LogP contribution in [0.15, 0.2) is 55.5 Å². The number of nitrogens with zero attached hydrogens (tertiary/aromatic N) is 3. The van der Waals surface area contributed by atoms with Crippen molar-refractivity contribution in [2.45, 2.75) is 0 Å². The minimum atomic E-state index is 1.02. The van der Waals surface area contributed by atoms with Crippen LogP contribution in [0.2, 0.25) is 0 Å². The maximum absolute atomic E-state index is 4.15. The van der Waals surface area contributed by atoms with Gasteiger partial charge in [0.1, 0.15) is 6.33 Å². The molecule has 4 nitrogen and oxygen atoms in total. The summed E-state index contributed by atoms with van der Waals surface area (Å²) in [7, 11) is 0. The van der Waals surface area contributed by atoms with Gasteiger partial charge in [0.05, 0.1) is 0 Å². The average Bonchev–Trinajstić information content (AvgIpc) is 2.88. The van der Waals surface area contributed by atoms with Gasteiger partial charge in [-0.25, -0.2) is 9.97 Å². The lowest BCUT2D eigenvalue weighted by molar-refractivity contribution is 1.17. The molecule has 0 aliphatic carbocycles. The highest BCUT2D eigenvalue weighted by Gasteiger charge is 2.07. The van der Waals surface area contributed by atoms with Gasteiger partial charge in [-0.2, -0.15) is 0 Å². The summed E-state index contributed by atoms with van der Waals surface area (Å²) in [6.45, 7) is 0. The van der Waals surface area contributed by atoms with Crippen molar-refractivity contribution in [3.05, 3.63) is 55.5 Å². The smallest absolute Gasteiger partial charge is 0.115 e. The van der Waals surface area contributed by atoms with Crippen LogP contribution < -0.4 is 0 Å². The van der Waals surface area contributed by atoms with E-state index >= 15 is 0 Å². The van der Waals surface area contributed by atoms with Crippen molar-refractivity contribution in [1.29, 1.82) is 0 Å². The van der Waals surface area contributed by atoms with Crippen molar-refractivity contribution in [2.75, 3.05) is 0 Å². The Morgan fingerprint density at radius 1 is 0.895 bits per heavy atom. The number of benzene rings is 1. The molecule has 1 N–H and O–H groups in total. The summed E-state index contributed by atoms with van der Waals surface area (Å²) in [5, 5.41) is 3.49. The third-order valence-electron chi connectivity index (χ3n) is 3.31. The highest BCUT2D eigenvalue weighted by Crippen LogP contribution is 2.30. The highest BCUT2D eigenvalue weighted by molar-refractivity contribution is 6.03. The molecule has 0 saturated heterocycles. The minimum Gasteiger partial charge on any atom is -0.361 e. The molecular weight excluding hydrogens is 236 g/mol. The van der Waals surface area contributed by atoms with E-state index in [-0.39, 0.29) is 0 Å². The first-order chi connectivity index (χ1) is 9.42. The Morgan fingerprint density at radius 2 is 1.79 bits per heavy atom. The number of hydrogen-bond donors (Lipinski definition) is 1. The summed E-state index contributed by atoms with van der Waals surface area (Å²) in [6, 6.07) is 6.31. The van der Waals surface area contributed by atoms with Crippen molar-refractivity contribution in [3.8, 4) is 11.1 Å². The zero-order chi connectivity index (χ0) is 12.7. The standard InChI is InChI=1S/C15H10N4/c1-2-16-5-11-4-15-13(3-10(1)11)14(8-19-15)12-6-17-9-18-7-12/h1-9,19H. The van der Waals surface area contributed by atoms with E-state index in [1.54, 1.807) is 6.33 Å². The molecule has 1 aromatic carbocycles. The van der Waals surface area contributed by atoms with Crippen molar-refractivity contribution < 1.29 is 0 Å². The average molecular weight is 246 g/mol. The molecule has 0 radical (unpaired) electrons. The molecule has 0 saturated carbocycles. The van der Waals surface area contributed by atoms with E-state index in [0.29, 0.717) is 0 Å². The van der Waals surface area contributed by atoms with Gasteiger partial charge < -0.3 is 4.98 Å². The Hall–Kier alpha value is -2.75. The van der Waals surface area contributed by atoms with E-state index in [0.717, 1.165) is 22.0 Å². The van der Waals surface area contributed by atoms with Gasteiger partial charge in [0.15, 0.2) is 0 Å². The van der Waals surface area contributed by atoms with Crippen LogP contribution in [0.4, 0.5) is 0 Å². The van der Waals surface area contributed by atoms with Crippen LogP contribution in [0, 0.1) is 0 Å². The van der Waals surface area contributed by atoms with Gasteiger partial charge in [-0.3, -0.25) is 4.98 Å². The zero-order valence-electron chi connectivity index (χ0n) is 10.0. The van der Waals surface area contributed by atoms with Crippen molar-refractivity contribution >= 4 is 21.7 Å². The molecule has 0 unspecified atom stereocenters. The normalized spacial score (nSPS) is 11.2. The molecule has 0 bridgehead atoms. The van der Waals surface area contributed by atoms with Crippen LogP contribution in [0.3, 0.4) is 0 Å². The third kappa shape index (κ3) is 1.57. The Bertz CT molecular complexity index is 865. The van der Waals surface area contributed by atoms with Crippen molar-refractivity contribution in [2.24, 2.45) is 0 Å². The number of nitrogens with one attached hydrogen (secondary N) is 1. The monoisotopic (exact) mass is 246 g/mol. The molecule has 0 aliphatic heterocycles. The molecule has 0 fully saturated rings. The SMILES string of the molecule is c1cc2cc3c(-c4cncnc4)c[nH]c3cc2cn1. The van der Waals surface area contributed by atoms with E-state index < -0.39 is 0 Å². The first kappa shape index (κ1) is 10.2. The molecule has 90 valence electrons. The number of aromatic amines is 1. The molecule has 4 aromatic rings. The Morgan fingerprint density at radius 3 is 2.68 bits per heavy atom. The number of pyridine rings is 1. The third-order valence-corrected chi connectivity index (χ3v) is 3.31. The molecule has 0 spiro atoms.